The van der Waals surface area contributed by atoms with E-state index in [9.17, 15) is 4.79 Å². The van der Waals surface area contributed by atoms with E-state index in [1.54, 1.807) is 18.6 Å². The summed E-state index contributed by atoms with van der Waals surface area (Å²) in [6.45, 7) is 1.99. The number of nitrogens with zero attached hydrogens (tertiary/aromatic N) is 5. The summed E-state index contributed by atoms with van der Waals surface area (Å²) < 4.78 is 2.04. The van der Waals surface area contributed by atoms with Gasteiger partial charge in [-0.1, -0.05) is 12.8 Å². The van der Waals surface area contributed by atoms with Crippen LogP contribution < -0.4 is 10.6 Å². The lowest BCUT2D eigenvalue weighted by Gasteiger charge is -2.13. The molecule has 2 N–H and O–H groups in total. The second-order valence-corrected chi connectivity index (χ2v) is 6.47. The smallest absolute Gasteiger partial charge is 0.308 e. The molecule has 1 saturated carbocycles. The molecule has 8 heteroatoms. The van der Waals surface area contributed by atoms with Gasteiger partial charge in [-0.15, -0.1) is 0 Å². The Labute approximate surface area is 151 Å². The molecule has 134 valence electrons. The Morgan fingerprint density at radius 2 is 1.73 bits per heavy atom. The molecule has 1 aromatic carbocycles. The molecule has 0 radical (unpaired) electrons. The van der Waals surface area contributed by atoms with E-state index in [4.69, 9.17) is 0 Å². The molecular formula is C18H21N7O. The molecule has 26 heavy (non-hydrogen) atoms. The van der Waals surface area contributed by atoms with Crippen molar-refractivity contribution in [2.45, 2.75) is 38.6 Å². The Bertz CT molecular complexity index is 877. The first-order valence-electron chi connectivity index (χ1n) is 8.79. The van der Waals surface area contributed by atoms with Gasteiger partial charge >= 0.3 is 6.03 Å². The zero-order valence-corrected chi connectivity index (χ0v) is 14.6. The average molecular weight is 351 g/mol. The summed E-state index contributed by atoms with van der Waals surface area (Å²) in [5.41, 5.74) is 3.26. The van der Waals surface area contributed by atoms with Gasteiger partial charge in [0.15, 0.2) is 0 Å². The predicted molar refractivity (Wildman–Crippen MR) is 98.5 cm³/mol. The molecule has 0 aliphatic heterocycles. The van der Waals surface area contributed by atoms with Crippen molar-refractivity contribution in [2.24, 2.45) is 0 Å². The van der Waals surface area contributed by atoms with Gasteiger partial charge in [0.1, 0.15) is 0 Å². The third kappa shape index (κ3) is 3.30. The molecule has 2 amide bonds. The van der Waals surface area contributed by atoms with E-state index in [0.717, 1.165) is 29.9 Å². The summed E-state index contributed by atoms with van der Waals surface area (Å²) in [6.07, 6.45) is 9.77. The molecule has 1 aliphatic carbocycles. The van der Waals surface area contributed by atoms with Gasteiger partial charge in [-0.3, -0.25) is 4.68 Å². The van der Waals surface area contributed by atoms with Crippen LogP contribution in [0.2, 0.25) is 0 Å². The number of carbonyl (C=O) groups excluding carboxylic acids is 1. The molecule has 0 bridgehead atoms. The summed E-state index contributed by atoms with van der Waals surface area (Å²) >= 11 is 0. The van der Waals surface area contributed by atoms with E-state index in [2.05, 4.69) is 25.9 Å². The number of aromatic nitrogens is 5. The van der Waals surface area contributed by atoms with Crippen molar-refractivity contribution < 1.29 is 4.79 Å². The van der Waals surface area contributed by atoms with Crippen molar-refractivity contribution in [3.8, 4) is 5.69 Å². The SMILES string of the molecule is Cc1c(NC(=O)Nc2ccc(-n3nccn3)cc2)cnn1C1CCCC1. The molecule has 0 spiro atoms. The number of rotatable bonds is 4. The lowest BCUT2D eigenvalue weighted by atomic mass is 10.2. The monoisotopic (exact) mass is 351 g/mol. The van der Waals surface area contributed by atoms with Gasteiger partial charge in [0.2, 0.25) is 0 Å². The molecular weight excluding hydrogens is 330 g/mol. The van der Waals surface area contributed by atoms with Crippen LogP contribution in [0.4, 0.5) is 16.2 Å². The maximum atomic E-state index is 12.3. The quantitative estimate of drug-likeness (QED) is 0.752. The van der Waals surface area contributed by atoms with Crippen molar-refractivity contribution in [1.29, 1.82) is 0 Å². The standard InChI is InChI=1S/C18H21N7O/c1-13-17(12-21-24(13)15-4-2-3-5-15)23-18(26)22-14-6-8-16(9-7-14)25-19-10-11-20-25/h6-12,15H,2-5H2,1H3,(H2,22,23,26). The molecule has 1 fully saturated rings. The Balaban J connectivity index is 1.39. The molecule has 0 atom stereocenters. The summed E-state index contributed by atoms with van der Waals surface area (Å²) in [4.78, 5) is 13.8. The Morgan fingerprint density at radius 3 is 2.42 bits per heavy atom. The second-order valence-electron chi connectivity index (χ2n) is 6.47. The van der Waals surface area contributed by atoms with E-state index in [1.165, 1.54) is 17.6 Å². The minimum atomic E-state index is -0.288. The first-order chi connectivity index (χ1) is 12.7. The molecule has 8 nitrogen and oxygen atoms in total. The number of anilines is 2. The zero-order valence-electron chi connectivity index (χ0n) is 14.6. The largest absolute Gasteiger partial charge is 0.323 e. The topological polar surface area (TPSA) is 89.7 Å². The fourth-order valence-electron chi connectivity index (χ4n) is 3.37. The van der Waals surface area contributed by atoms with Gasteiger partial charge in [0.05, 0.1) is 41.7 Å². The second kappa shape index (κ2) is 6.99. The minimum absolute atomic E-state index is 0.288. The number of hydrogen-bond donors (Lipinski definition) is 2. The first kappa shape index (κ1) is 16.3. The third-order valence-corrected chi connectivity index (χ3v) is 4.74. The molecule has 0 unspecified atom stereocenters. The van der Waals surface area contributed by atoms with Gasteiger partial charge in [-0.2, -0.15) is 20.1 Å². The number of urea groups is 1. The maximum absolute atomic E-state index is 12.3. The number of hydrogen-bond acceptors (Lipinski definition) is 4. The highest BCUT2D eigenvalue weighted by molar-refractivity contribution is 6.00. The molecule has 2 aromatic heterocycles. The Hall–Kier alpha value is -3.16. The lowest BCUT2D eigenvalue weighted by molar-refractivity contribution is 0.262. The van der Waals surface area contributed by atoms with Crippen LogP contribution in [0.15, 0.2) is 42.9 Å². The van der Waals surface area contributed by atoms with Crippen LogP contribution in [-0.4, -0.2) is 30.8 Å². The van der Waals surface area contributed by atoms with E-state index in [0.29, 0.717) is 11.7 Å². The van der Waals surface area contributed by atoms with Gasteiger partial charge in [0, 0.05) is 5.69 Å². The molecule has 1 aliphatic rings. The van der Waals surface area contributed by atoms with Crippen molar-refractivity contribution in [1.82, 2.24) is 24.8 Å². The van der Waals surface area contributed by atoms with Crippen molar-refractivity contribution in [3.05, 3.63) is 48.5 Å². The Morgan fingerprint density at radius 1 is 1.04 bits per heavy atom. The molecule has 4 rings (SSSR count). The normalized spacial score (nSPS) is 14.5. The number of amides is 2. The predicted octanol–water partition coefficient (Wildman–Crippen LogP) is 3.53. The number of nitrogens with one attached hydrogen (secondary N) is 2. The molecule has 2 heterocycles. The van der Waals surface area contributed by atoms with E-state index in [1.807, 2.05) is 35.9 Å². The van der Waals surface area contributed by atoms with Crippen molar-refractivity contribution >= 4 is 17.4 Å². The van der Waals surface area contributed by atoms with Gasteiger partial charge in [0.25, 0.3) is 0 Å². The third-order valence-electron chi connectivity index (χ3n) is 4.74. The summed E-state index contributed by atoms with van der Waals surface area (Å²) in [5, 5.41) is 18.3. The van der Waals surface area contributed by atoms with Crippen LogP contribution in [0, 0.1) is 6.92 Å². The minimum Gasteiger partial charge on any atom is -0.308 e. The van der Waals surface area contributed by atoms with Crippen LogP contribution >= 0.6 is 0 Å². The van der Waals surface area contributed by atoms with Gasteiger partial charge in [-0.05, 0) is 44.0 Å². The highest BCUT2D eigenvalue weighted by Crippen LogP contribution is 2.31. The van der Waals surface area contributed by atoms with E-state index < -0.39 is 0 Å². The summed E-state index contributed by atoms with van der Waals surface area (Å²) in [5.74, 6) is 0. The Kier molecular flexibility index (Phi) is 4.39. The zero-order chi connectivity index (χ0) is 17.9. The fourth-order valence-corrected chi connectivity index (χ4v) is 3.37. The van der Waals surface area contributed by atoms with Gasteiger partial charge < -0.3 is 10.6 Å². The summed E-state index contributed by atoms with van der Waals surface area (Å²) in [6, 6.07) is 7.49. The number of carbonyl (C=O) groups is 1. The molecule has 0 saturated heterocycles. The summed E-state index contributed by atoms with van der Waals surface area (Å²) in [7, 11) is 0. The first-order valence-corrected chi connectivity index (χ1v) is 8.79. The average Bonchev–Trinajstić information content (AvgIpc) is 3.39. The van der Waals surface area contributed by atoms with Crippen LogP contribution in [-0.2, 0) is 0 Å². The number of benzene rings is 1. The van der Waals surface area contributed by atoms with E-state index >= 15 is 0 Å². The van der Waals surface area contributed by atoms with Crippen LogP contribution in [0.3, 0.4) is 0 Å². The highest BCUT2D eigenvalue weighted by atomic mass is 16.2. The van der Waals surface area contributed by atoms with Crippen molar-refractivity contribution in [3.63, 3.8) is 0 Å². The van der Waals surface area contributed by atoms with Crippen LogP contribution in [0.25, 0.3) is 5.69 Å². The van der Waals surface area contributed by atoms with E-state index in [-0.39, 0.29) is 6.03 Å². The van der Waals surface area contributed by atoms with Crippen LogP contribution in [0.1, 0.15) is 37.4 Å². The van der Waals surface area contributed by atoms with Crippen molar-refractivity contribution in [2.75, 3.05) is 10.6 Å². The lowest BCUT2D eigenvalue weighted by Crippen LogP contribution is -2.20. The molecule has 3 aromatic rings. The maximum Gasteiger partial charge on any atom is 0.323 e. The van der Waals surface area contributed by atoms with Crippen LogP contribution in [0.5, 0.6) is 0 Å². The van der Waals surface area contributed by atoms with Gasteiger partial charge in [-0.25, -0.2) is 4.79 Å². The highest BCUT2D eigenvalue weighted by Gasteiger charge is 2.20. The fraction of sp³-hybridized carbons (Fsp3) is 0.333.